The third-order valence-corrected chi connectivity index (χ3v) is 4.32. The van der Waals surface area contributed by atoms with E-state index in [1.807, 2.05) is 0 Å². The minimum atomic E-state index is -4.58. The van der Waals surface area contributed by atoms with E-state index in [-0.39, 0.29) is 11.7 Å². The first-order valence-corrected chi connectivity index (χ1v) is 7.55. The van der Waals surface area contributed by atoms with E-state index in [1.165, 1.54) is 7.05 Å². The molecule has 9 heteroatoms. The van der Waals surface area contributed by atoms with Gasteiger partial charge in [0.2, 0.25) is 0 Å². The summed E-state index contributed by atoms with van der Waals surface area (Å²) < 4.78 is 44.6. The highest BCUT2D eigenvalue weighted by Gasteiger charge is 2.39. The van der Waals surface area contributed by atoms with Crippen molar-refractivity contribution in [2.24, 2.45) is 7.05 Å². The summed E-state index contributed by atoms with van der Waals surface area (Å²) in [6.07, 6.45) is -3.09. The second-order valence-corrected chi connectivity index (χ2v) is 5.93. The van der Waals surface area contributed by atoms with Crippen LogP contribution in [0.2, 0.25) is 0 Å². The van der Waals surface area contributed by atoms with Crippen LogP contribution in [0.15, 0.2) is 10.6 Å². The van der Waals surface area contributed by atoms with E-state index >= 15 is 0 Å². The number of carbonyl (C=O) groups excluding carboxylic acids is 1. The first-order valence-electron chi connectivity index (χ1n) is 7.55. The lowest BCUT2D eigenvalue weighted by Crippen LogP contribution is -2.32. The monoisotopic (exact) mass is 342 g/mol. The van der Waals surface area contributed by atoms with Crippen molar-refractivity contribution in [3.05, 3.63) is 34.5 Å². The average Bonchev–Trinajstić information content (AvgIpc) is 3.17. The molecule has 0 unspecified atom stereocenters. The molecule has 0 spiro atoms. The number of nitrogens with zero attached hydrogens (tertiary/aromatic N) is 4. The molecule has 24 heavy (non-hydrogen) atoms. The Bertz CT molecular complexity index is 759. The maximum Gasteiger partial charge on any atom is 0.435 e. The van der Waals surface area contributed by atoms with Gasteiger partial charge in [-0.3, -0.25) is 9.48 Å². The van der Waals surface area contributed by atoms with Gasteiger partial charge in [-0.25, -0.2) is 0 Å². The van der Waals surface area contributed by atoms with Gasteiger partial charge in [-0.15, -0.1) is 0 Å². The summed E-state index contributed by atoms with van der Waals surface area (Å²) in [5.41, 5.74) is 0.375. The van der Waals surface area contributed by atoms with E-state index in [0.29, 0.717) is 18.0 Å². The highest BCUT2D eigenvalue weighted by molar-refractivity contribution is 5.93. The quantitative estimate of drug-likeness (QED) is 0.841. The van der Waals surface area contributed by atoms with Crippen molar-refractivity contribution in [1.29, 1.82) is 0 Å². The van der Waals surface area contributed by atoms with Gasteiger partial charge in [-0.05, 0) is 26.7 Å². The Morgan fingerprint density at radius 1 is 1.38 bits per heavy atom. The fourth-order valence-corrected chi connectivity index (χ4v) is 3.23. The zero-order valence-corrected chi connectivity index (χ0v) is 13.5. The summed E-state index contributed by atoms with van der Waals surface area (Å²) in [7, 11) is 1.34. The van der Waals surface area contributed by atoms with Crippen molar-refractivity contribution in [2.75, 3.05) is 6.54 Å². The summed E-state index contributed by atoms with van der Waals surface area (Å²) in [5.74, 6) is 0.154. The van der Waals surface area contributed by atoms with Gasteiger partial charge >= 0.3 is 6.18 Å². The van der Waals surface area contributed by atoms with Crippen molar-refractivity contribution in [2.45, 2.75) is 38.9 Å². The first kappa shape index (κ1) is 16.5. The molecule has 1 atom stereocenters. The lowest BCUT2D eigenvalue weighted by atomic mass is 10.0. The Morgan fingerprint density at radius 3 is 2.62 bits per heavy atom. The molecule has 0 aromatic carbocycles. The Hall–Kier alpha value is -2.32. The maximum atomic E-state index is 12.8. The van der Waals surface area contributed by atoms with Gasteiger partial charge in [0, 0.05) is 25.2 Å². The van der Waals surface area contributed by atoms with E-state index in [1.54, 1.807) is 18.7 Å². The van der Waals surface area contributed by atoms with Crippen molar-refractivity contribution in [1.82, 2.24) is 19.8 Å². The van der Waals surface area contributed by atoms with E-state index < -0.39 is 17.8 Å². The molecular formula is C15H17F3N4O2. The number of aryl methyl sites for hydroxylation is 3. The molecule has 0 N–H and O–H groups in total. The van der Waals surface area contributed by atoms with Crippen LogP contribution < -0.4 is 0 Å². The highest BCUT2D eigenvalue weighted by Crippen LogP contribution is 2.37. The van der Waals surface area contributed by atoms with Crippen LogP contribution in [-0.2, 0) is 13.2 Å². The smallest absolute Gasteiger partial charge is 0.361 e. The number of halogens is 3. The Kier molecular flexibility index (Phi) is 3.89. The summed E-state index contributed by atoms with van der Waals surface area (Å²) in [4.78, 5) is 14.4. The van der Waals surface area contributed by atoms with Gasteiger partial charge in [0.1, 0.15) is 11.5 Å². The van der Waals surface area contributed by atoms with E-state index in [9.17, 15) is 18.0 Å². The van der Waals surface area contributed by atoms with E-state index in [0.717, 1.165) is 29.2 Å². The molecule has 0 radical (unpaired) electrons. The SMILES string of the molecule is Cc1noc(C)c1[C@H]1CCCN1C(=O)c1cc(C(F)(F)F)nn1C. The normalized spacial score (nSPS) is 18.4. The van der Waals surface area contributed by atoms with Gasteiger partial charge < -0.3 is 9.42 Å². The van der Waals surface area contributed by atoms with E-state index in [4.69, 9.17) is 4.52 Å². The first-order chi connectivity index (χ1) is 11.2. The highest BCUT2D eigenvalue weighted by atomic mass is 19.4. The van der Waals surface area contributed by atoms with Gasteiger partial charge in [-0.2, -0.15) is 18.3 Å². The second kappa shape index (κ2) is 5.64. The van der Waals surface area contributed by atoms with Crippen LogP contribution in [0.1, 0.15) is 52.1 Å². The van der Waals surface area contributed by atoms with Gasteiger partial charge in [0.15, 0.2) is 5.69 Å². The third-order valence-electron chi connectivity index (χ3n) is 4.32. The molecule has 1 aliphatic rings. The fraction of sp³-hybridized carbons (Fsp3) is 0.533. The lowest BCUT2D eigenvalue weighted by molar-refractivity contribution is -0.141. The number of hydrogen-bond acceptors (Lipinski definition) is 4. The number of rotatable bonds is 2. The van der Waals surface area contributed by atoms with Crippen LogP contribution in [-0.4, -0.2) is 32.3 Å². The van der Waals surface area contributed by atoms with Gasteiger partial charge in [0.05, 0.1) is 11.7 Å². The minimum Gasteiger partial charge on any atom is -0.361 e. The molecule has 0 saturated carbocycles. The van der Waals surface area contributed by atoms with Crippen LogP contribution in [0.5, 0.6) is 0 Å². The molecule has 2 aromatic rings. The third kappa shape index (κ3) is 2.67. The molecule has 2 aromatic heterocycles. The predicted octanol–water partition coefficient (Wildman–Crippen LogP) is 3.02. The van der Waals surface area contributed by atoms with Crippen LogP contribution >= 0.6 is 0 Å². The van der Waals surface area contributed by atoms with Crippen molar-refractivity contribution >= 4 is 5.91 Å². The zero-order valence-electron chi connectivity index (χ0n) is 13.5. The molecule has 3 rings (SSSR count). The summed E-state index contributed by atoms with van der Waals surface area (Å²) in [6.45, 7) is 4.03. The van der Waals surface area contributed by atoms with Crippen LogP contribution in [0, 0.1) is 13.8 Å². The zero-order chi connectivity index (χ0) is 17.6. The molecule has 130 valence electrons. The maximum absolute atomic E-state index is 12.8. The number of amides is 1. The molecular weight excluding hydrogens is 325 g/mol. The van der Waals surface area contributed by atoms with Gasteiger partial charge in [-0.1, -0.05) is 5.16 Å². The minimum absolute atomic E-state index is 0.0824. The summed E-state index contributed by atoms with van der Waals surface area (Å²) in [5, 5.41) is 7.31. The summed E-state index contributed by atoms with van der Waals surface area (Å²) >= 11 is 0. The van der Waals surface area contributed by atoms with Crippen LogP contribution in [0.4, 0.5) is 13.2 Å². The number of carbonyl (C=O) groups is 1. The average molecular weight is 342 g/mol. The molecule has 0 bridgehead atoms. The second-order valence-electron chi connectivity index (χ2n) is 5.93. The van der Waals surface area contributed by atoms with Crippen LogP contribution in [0.25, 0.3) is 0 Å². The largest absolute Gasteiger partial charge is 0.435 e. The number of hydrogen-bond donors (Lipinski definition) is 0. The summed E-state index contributed by atoms with van der Waals surface area (Å²) in [6, 6.07) is 0.554. The lowest BCUT2D eigenvalue weighted by Gasteiger charge is -2.24. The van der Waals surface area contributed by atoms with Crippen LogP contribution in [0.3, 0.4) is 0 Å². The molecule has 6 nitrogen and oxygen atoms in total. The van der Waals surface area contributed by atoms with Gasteiger partial charge in [0.25, 0.3) is 5.91 Å². The Balaban J connectivity index is 1.94. The Labute approximate surface area is 136 Å². The predicted molar refractivity (Wildman–Crippen MR) is 77.2 cm³/mol. The molecule has 0 aliphatic carbocycles. The standard InChI is InChI=1S/C15H17F3N4O2/c1-8-13(9(2)24-20-8)10-5-4-6-22(10)14(23)11-7-12(15(16,17)18)19-21(11)3/h7,10H,4-6H2,1-3H3/t10-/m1/s1. The Morgan fingerprint density at radius 2 is 2.08 bits per heavy atom. The topological polar surface area (TPSA) is 64.2 Å². The van der Waals surface area contributed by atoms with Crippen molar-refractivity contribution < 1.29 is 22.5 Å². The number of alkyl halides is 3. The molecule has 1 amide bonds. The van der Waals surface area contributed by atoms with E-state index in [2.05, 4.69) is 10.3 Å². The van der Waals surface area contributed by atoms with Crippen molar-refractivity contribution in [3.63, 3.8) is 0 Å². The molecule has 1 saturated heterocycles. The number of likely N-dealkylation sites (tertiary alicyclic amines) is 1. The molecule has 1 fully saturated rings. The molecule has 3 heterocycles. The fourth-order valence-electron chi connectivity index (χ4n) is 3.23. The molecule has 1 aliphatic heterocycles. The van der Waals surface area contributed by atoms with Crippen molar-refractivity contribution in [3.8, 4) is 0 Å². The number of aromatic nitrogens is 3.